The van der Waals surface area contributed by atoms with Crippen LogP contribution >= 0.6 is 0 Å². The van der Waals surface area contributed by atoms with Gasteiger partial charge in [0.05, 0.1) is 36.6 Å². The van der Waals surface area contributed by atoms with Gasteiger partial charge in [0.15, 0.2) is 0 Å². The van der Waals surface area contributed by atoms with Gasteiger partial charge in [-0.15, -0.1) is 0 Å². The van der Waals surface area contributed by atoms with E-state index in [0.29, 0.717) is 32.8 Å². The zero-order valence-corrected chi connectivity index (χ0v) is 23.8. The molecule has 15 heteroatoms. The monoisotopic (exact) mass is 595 g/mol. The Labute approximate surface area is 230 Å². The van der Waals surface area contributed by atoms with Gasteiger partial charge in [0.25, 0.3) is 0 Å². The topological polar surface area (TPSA) is 71.0 Å². The summed E-state index contributed by atoms with van der Waals surface area (Å²) in [6.45, 7) is 8.91. The maximum atomic E-state index is 13.3. The summed E-state index contributed by atoms with van der Waals surface area (Å²) < 4.78 is 89.0. The number of alkyl halides is 6. The molecular formula is C25H35F6N5O3Si. The first kappa shape index (κ1) is 31.7. The summed E-state index contributed by atoms with van der Waals surface area (Å²) in [6, 6.07) is 0.497. The van der Waals surface area contributed by atoms with Crippen molar-refractivity contribution >= 4 is 19.9 Å². The SMILES string of the molecule is C[Si](C)(C)CCOCC1CC(C(F)(F)F)=CN1CCO/C=C/C(=O)N1CCN(c2ncc(C(F)(F)F)cn2)CC1. The number of carbonyl (C=O) groups is 1. The van der Waals surface area contributed by atoms with E-state index in [-0.39, 0.29) is 38.0 Å². The van der Waals surface area contributed by atoms with Gasteiger partial charge in [0, 0.05) is 72.0 Å². The molecule has 1 atom stereocenters. The van der Waals surface area contributed by atoms with Gasteiger partial charge in [-0.05, 0) is 6.04 Å². The van der Waals surface area contributed by atoms with E-state index in [1.54, 1.807) is 14.7 Å². The molecule has 3 heterocycles. The second-order valence-electron chi connectivity index (χ2n) is 10.9. The summed E-state index contributed by atoms with van der Waals surface area (Å²) in [5, 5.41) is 0. The number of nitrogens with zero attached hydrogens (tertiary/aromatic N) is 5. The predicted molar refractivity (Wildman–Crippen MR) is 139 cm³/mol. The van der Waals surface area contributed by atoms with Crippen LogP contribution in [0.15, 0.2) is 36.5 Å². The molecule has 0 spiro atoms. The largest absolute Gasteiger partial charge is 0.499 e. The summed E-state index contributed by atoms with van der Waals surface area (Å²) >= 11 is 0. The fourth-order valence-electron chi connectivity index (χ4n) is 4.11. The van der Waals surface area contributed by atoms with Crippen LogP contribution in [0, 0.1) is 0 Å². The third kappa shape index (κ3) is 9.68. The van der Waals surface area contributed by atoms with Crippen molar-refractivity contribution in [3.8, 4) is 0 Å². The molecule has 8 nitrogen and oxygen atoms in total. The van der Waals surface area contributed by atoms with Crippen LogP contribution in [0.3, 0.4) is 0 Å². The highest BCUT2D eigenvalue weighted by Crippen LogP contribution is 2.35. The van der Waals surface area contributed by atoms with Crippen LogP contribution in [0.25, 0.3) is 0 Å². The van der Waals surface area contributed by atoms with Crippen molar-refractivity contribution in [3.05, 3.63) is 42.1 Å². The fourth-order valence-corrected chi connectivity index (χ4v) is 4.87. The Kier molecular flexibility index (Phi) is 10.5. The molecule has 0 aliphatic carbocycles. The molecule has 0 radical (unpaired) electrons. The van der Waals surface area contributed by atoms with Crippen molar-refractivity contribution in [2.45, 2.75) is 50.5 Å². The van der Waals surface area contributed by atoms with Crippen molar-refractivity contribution in [1.82, 2.24) is 19.8 Å². The third-order valence-electron chi connectivity index (χ3n) is 6.53. The van der Waals surface area contributed by atoms with E-state index in [4.69, 9.17) is 9.47 Å². The third-order valence-corrected chi connectivity index (χ3v) is 8.23. The molecule has 3 rings (SSSR count). The van der Waals surface area contributed by atoms with E-state index in [1.807, 2.05) is 0 Å². The van der Waals surface area contributed by atoms with E-state index in [0.717, 1.165) is 24.6 Å². The Morgan fingerprint density at radius 1 is 1.02 bits per heavy atom. The highest BCUT2D eigenvalue weighted by Gasteiger charge is 2.40. The van der Waals surface area contributed by atoms with Gasteiger partial charge in [-0.25, -0.2) is 9.97 Å². The minimum atomic E-state index is -4.52. The van der Waals surface area contributed by atoms with Crippen molar-refractivity contribution in [2.24, 2.45) is 0 Å². The molecule has 1 amide bonds. The standard InChI is InChI=1S/C25H35F6N5O3Si/c1-40(2,3)13-12-39-18-21-14-19(24(26,27)28)17-36(21)9-11-38-10-4-22(37)34-5-7-35(8-6-34)23-32-15-20(16-33-23)25(29,30)31/h4,10,15-17,21H,5-9,11-14,18H2,1-3H3/b10-4+. The highest BCUT2D eigenvalue weighted by molar-refractivity contribution is 6.76. The summed E-state index contributed by atoms with van der Waals surface area (Å²) in [5.41, 5.74) is -1.53. The van der Waals surface area contributed by atoms with Gasteiger partial charge in [-0.1, -0.05) is 19.6 Å². The zero-order chi connectivity index (χ0) is 29.6. The lowest BCUT2D eigenvalue weighted by Gasteiger charge is -2.34. The molecule has 0 N–H and O–H groups in total. The summed E-state index contributed by atoms with van der Waals surface area (Å²) in [5.74, 6) is -0.162. The first-order valence-electron chi connectivity index (χ1n) is 13.0. The number of rotatable bonds is 11. The highest BCUT2D eigenvalue weighted by atomic mass is 28.3. The quantitative estimate of drug-likeness (QED) is 0.122. The van der Waals surface area contributed by atoms with Gasteiger partial charge < -0.3 is 24.2 Å². The number of anilines is 1. The smallest absolute Gasteiger partial charge is 0.419 e. The molecule has 1 unspecified atom stereocenters. The van der Waals surface area contributed by atoms with Gasteiger partial charge >= 0.3 is 12.4 Å². The minimum absolute atomic E-state index is 0.0792. The average molecular weight is 596 g/mol. The predicted octanol–water partition coefficient (Wildman–Crippen LogP) is 4.55. The van der Waals surface area contributed by atoms with Crippen LogP contribution in [0.5, 0.6) is 0 Å². The first-order chi connectivity index (χ1) is 18.6. The van der Waals surface area contributed by atoms with Crippen LogP contribution in [-0.2, 0) is 20.4 Å². The average Bonchev–Trinajstić information content (AvgIpc) is 3.29. The Morgan fingerprint density at radius 2 is 1.68 bits per heavy atom. The first-order valence-corrected chi connectivity index (χ1v) is 16.7. The molecule has 1 fully saturated rings. The Hall–Kier alpha value is -2.81. The van der Waals surface area contributed by atoms with Crippen molar-refractivity contribution in [1.29, 1.82) is 0 Å². The van der Waals surface area contributed by atoms with Gasteiger partial charge in [-0.3, -0.25) is 4.79 Å². The number of halogens is 6. The number of ether oxygens (including phenoxy) is 2. The number of amides is 1. The summed E-state index contributed by atoms with van der Waals surface area (Å²) in [7, 11) is -1.31. The molecule has 1 aromatic rings. The van der Waals surface area contributed by atoms with Gasteiger partial charge in [0.2, 0.25) is 11.9 Å². The van der Waals surface area contributed by atoms with E-state index < -0.39 is 37.6 Å². The molecule has 2 aliphatic rings. The molecule has 0 saturated carbocycles. The molecule has 40 heavy (non-hydrogen) atoms. The maximum absolute atomic E-state index is 13.3. The number of hydrogen-bond donors (Lipinski definition) is 0. The van der Waals surface area contributed by atoms with E-state index in [9.17, 15) is 31.1 Å². The number of piperazine rings is 1. The lowest BCUT2D eigenvalue weighted by molar-refractivity contribution is -0.138. The minimum Gasteiger partial charge on any atom is -0.499 e. The second kappa shape index (κ2) is 13.2. The van der Waals surface area contributed by atoms with Crippen LogP contribution in [0.4, 0.5) is 32.3 Å². The molecule has 1 saturated heterocycles. The number of carbonyl (C=O) groups excluding carboxylic acids is 1. The normalized spacial score (nSPS) is 19.0. The Morgan fingerprint density at radius 3 is 2.25 bits per heavy atom. The zero-order valence-electron chi connectivity index (χ0n) is 22.8. The fraction of sp³-hybridized carbons (Fsp3) is 0.640. The van der Waals surface area contributed by atoms with Crippen LogP contribution in [0.2, 0.25) is 25.7 Å². The summed E-state index contributed by atoms with van der Waals surface area (Å²) in [6.07, 6.45) is -4.03. The van der Waals surface area contributed by atoms with E-state index in [1.165, 1.54) is 12.3 Å². The molecular weight excluding hydrogens is 560 g/mol. The Balaban J connectivity index is 1.41. The maximum Gasteiger partial charge on any atom is 0.419 e. The molecule has 0 aromatic carbocycles. The summed E-state index contributed by atoms with van der Waals surface area (Å²) in [4.78, 5) is 24.8. The van der Waals surface area contributed by atoms with Crippen LogP contribution < -0.4 is 4.90 Å². The van der Waals surface area contributed by atoms with E-state index in [2.05, 4.69) is 29.6 Å². The van der Waals surface area contributed by atoms with Crippen molar-refractivity contribution in [3.63, 3.8) is 0 Å². The number of hydrogen-bond acceptors (Lipinski definition) is 7. The van der Waals surface area contributed by atoms with Crippen molar-refractivity contribution in [2.75, 3.05) is 57.4 Å². The lowest BCUT2D eigenvalue weighted by atomic mass is 10.1. The Bertz CT molecular complexity index is 1040. The van der Waals surface area contributed by atoms with Crippen LogP contribution in [0.1, 0.15) is 12.0 Å². The van der Waals surface area contributed by atoms with Gasteiger partial charge in [-0.2, -0.15) is 26.3 Å². The molecule has 2 aliphatic heterocycles. The second-order valence-corrected chi connectivity index (χ2v) is 16.5. The lowest BCUT2D eigenvalue weighted by Crippen LogP contribution is -2.48. The molecule has 224 valence electrons. The number of aromatic nitrogens is 2. The molecule has 1 aromatic heterocycles. The van der Waals surface area contributed by atoms with Crippen LogP contribution in [-0.4, -0.2) is 98.5 Å². The molecule has 0 bridgehead atoms. The van der Waals surface area contributed by atoms with Crippen molar-refractivity contribution < 1.29 is 40.6 Å². The van der Waals surface area contributed by atoms with Gasteiger partial charge in [0.1, 0.15) is 6.61 Å². The van der Waals surface area contributed by atoms with E-state index >= 15 is 0 Å².